The first-order chi connectivity index (χ1) is 10.2. The van der Waals surface area contributed by atoms with Crippen LogP contribution in [0, 0.1) is 0 Å². The van der Waals surface area contributed by atoms with Crippen molar-refractivity contribution in [3.8, 4) is 5.75 Å². The van der Waals surface area contributed by atoms with E-state index >= 15 is 0 Å². The highest BCUT2D eigenvalue weighted by Gasteiger charge is 2.41. The number of hydrogen-bond acceptors (Lipinski definition) is 4. The number of carbonyl (C=O) groups is 1. The van der Waals surface area contributed by atoms with Gasteiger partial charge in [-0.2, -0.15) is 5.10 Å². The molecule has 21 heavy (non-hydrogen) atoms. The maximum absolute atomic E-state index is 12.8. The summed E-state index contributed by atoms with van der Waals surface area (Å²) in [4.78, 5) is 12.8. The number of phenols is 1. The number of nitrogens with zero attached hydrogens (tertiary/aromatic N) is 2. The molecule has 1 aromatic carbocycles. The van der Waals surface area contributed by atoms with E-state index in [-0.39, 0.29) is 11.7 Å². The summed E-state index contributed by atoms with van der Waals surface area (Å²) < 4.78 is 1.75. The SMILES string of the molecule is O=C(Nc1ccc(O)cc1)C1(n2cccn2)CCNCC1. The van der Waals surface area contributed by atoms with Gasteiger partial charge in [0.05, 0.1) is 0 Å². The van der Waals surface area contributed by atoms with Crippen molar-refractivity contribution in [1.82, 2.24) is 15.1 Å². The lowest BCUT2D eigenvalue weighted by molar-refractivity contribution is -0.126. The topological polar surface area (TPSA) is 79.2 Å². The third-order valence-corrected chi connectivity index (χ3v) is 3.92. The quantitative estimate of drug-likeness (QED) is 0.743. The summed E-state index contributed by atoms with van der Waals surface area (Å²) in [6, 6.07) is 8.31. The average molecular weight is 286 g/mol. The van der Waals surface area contributed by atoms with Crippen LogP contribution < -0.4 is 10.6 Å². The van der Waals surface area contributed by atoms with Crippen LogP contribution in [0.5, 0.6) is 5.75 Å². The largest absolute Gasteiger partial charge is 0.508 e. The lowest BCUT2D eigenvalue weighted by Crippen LogP contribution is -2.52. The van der Waals surface area contributed by atoms with Crippen LogP contribution >= 0.6 is 0 Å². The average Bonchev–Trinajstić information content (AvgIpc) is 3.05. The van der Waals surface area contributed by atoms with E-state index in [9.17, 15) is 9.90 Å². The Balaban J connectivity index is 1.86. The fourth-order valence-electron chi connectivity index (χ4n) is 2.71. The van der Waals surface area contributed by atoms with Crippen LogP contribution in [-0.4, -0.2) is 33.9 Å². The fraction of sp³-hybridized carbons (Fsp3) is 0.333. The van der Waals surface area contributed by atoms with Crippen LogP contribution in [0.15, 0.2) is 42.7 Å². The molecule has 3 rings (SSSR count). The summed E-state index contributed by atoms with van der Waals surface area (Å²) in [7, 11) is 0. The van der Waals surface area contributed by atoms with Gasteiger partial charge in [0.2, 0.25) is 0 Å². The standard InChI is InChI=1S/C15H18N4O2/c20-13-4-2-12(3-5-13)18-14(21)15(6-9-16-10-7-15)19-11-1-8-17-19/h1-5,8,11,16,20H,6-7,9-10H2,(H,18,21). The minimum Gasteiger partial charge on any atom is -0.508 e. The second kappa shape index (κ2) is 5.57. The molecule has 6 heteroatoms. The molecule has 1 amide bonds. The molecule has 1 aliphatic heterocycles. The molecule has 0 saturated carbocycles. The predicted molar refractivity (Wildman–Crippen MR) is 79.0 cm³/mol. The molecule has 0 aliphatic carbocycles. The zero-order valence-corrected chi connectivity index (χ0v) is 11.6. The van der Waals surface area contributed by atoms with Crippen molar-refractivity contribution in [3.63, 3.8) is 0 Å². The molecule has 1 aromatic heterocycles. The van der Waals surface area contributed by atoms with Crippen LogP contribution in [0.1, 0.15) is 12.8 Å². The number of hydrogen-bond donors (Lipinski definition) is 3. The second-order valence-corrected chi connectivity index (χ2v) is 5.23. The Hall–Kier alpha value is -2.34. The Labute approximate surface area is 122 Å². The number of nitrogens with one attached hydrogen (secondary N) is 2. The lowest BCUT2D eigenvalue weighted by atomic mass is 9.87. The third-order valence-electron chi connectivity index (χ3n) is 3.92. The van der Waals surface area contributed by atoms with E-state index in [0.717, 1.165) is 13.1 Å². The zero-order valence-electron chi connectivity index (χ0n) is 11.6. The molecule has 6 nitrogen and oxygen atoms in total. The number of piperidine rings is 1. The number of amides is 1. The van der Waals surface area contributed by atoms with Gasteiger partial charge in [-0.25, -0.2) is 0 Å². The Bertz CT molecular complexity index is 601. The summed E-state index contributed by atoms with van der Waals surface area (Å²) in [5.74, 6) is 0.107. The van der Waals surface area contributed by atoms with Crippen LogP contribution in [-0.2, 0) is 10.3 Å². The lowest BCUT2D eigenvalue weighted by Gasteiger charge is -2.36. The van der Waals surface area contributed by atoms with E-state index in [1.165, 1.54) is 0 Å². The van der Waals surface area contributed by atoms with E-state index in [2.05, 4.69) is 15.7 Å². The van der Waals surface area contributed by atoms with Crippen LogP contribution in [0.4, 0.5) is 5.69 Å². The van der Waals surface area contributed by atoms with E-state index in [0.29, 0.717) is 18.5 Å². The predicted octanol–water partition coefficient (Wildman–Crippen LogP) is 1.31. The van der Waals surface area contributed by atoms with Crippen LogP contribution in [0.3, 0.4) is 0 Å². The number of anilines is 1. The highest BCUT2D eigenvalue weighted by molar-refractivity contribution is 5.96. The molecule has 1 aliphatic rings. The van der Waals surface area contributed by atoms with E-state index in [1.807, 2.05) is 12.3 Å². The van der Waals surface area contributed by atoms with Gasteiger partial charge < -0.3 is 15.7 Å². The van der Waals surface area contributed by atoms with Crippen molar-refractivity contribution in [1.29, 1.82) is 0 Å². The molecule has 110 valence electrons. The molecule has 3 N–H and O–H groups in total. The molecule has 0 radical (unpaired) electrons. The second-order valence-electron chi connectivity index (χ2n) is 5.23. The van der Waals surface area contributed by atoms with Crippen molar-refractivity contribution in [2.24, 2.45) is 0 Å². The van der Waals surface area contributed by atoms with Crippen molar-refractivity contribution >= 4 is 11.6 Å². The maximum Gasteiger partial charge on any atom is 0.252 e. The minimum absolute atomic E-state index is 0.0709. The van der Waals surface area contributed by atoms with Gasteiger partial charge >= 0.3 is 0 Å². The van der Waals surface area contributed by atoms with Crippen LogP contribution in [0.2, 0.25) is 0 Å². The first-order valence-electron chi connectivity index (χ1n) is 7.02. The highest BCUT2D eigenvalue weighted by Crippen LogP contribution is 2.29. The van der Waals surface area contributed by atoms with Gasteiger partial charge in [-0.05, 0) is 56.3 Å². The van der Waals surface area contributed by atoms with Gasteiger partial charge in [0.25, 0.3) is 5.91 Å². The van der Waals surface area contributed by atoms with Crippen molar-refractivity contribution in [2.75, 3.05) is 18.4 Å². The molecule has 0 bridgehead atoms. The number of benzene rings is 1. The molecular weight excluding hydrogens is 268 g/mol. The monoisotopic (exact) mass is 286 g/mol. The first-order valence-corrected chi connectivity index (χ1v) is 7.02. The summed E-state index contributed by atoms with van der Waals surface area (Å²) in [5, 5.41) is 19.8. The molecule has 0 atom stereocenters. The summed E-state index contributed by atoms with van der Waals surface area (Å²) in [6.45, 7) is 1.56. The molecular formula is C15H18N4O2. The summed E-state index contributed by atoms with van der Waals surface area (Å²) in [5.41, 5.74) is 0.00924. The summed E-state index contributed by atoms with van der Waals surface area (Å²) in [6.07, 6.45) is 4.91. The van der Waals surface area contributed by atoms with Gasteiger partial charge in [0, 0.05) is 18.1 Å². The number of carbonyl (C=O) groups excluding carboxylic acids is 1. The van der Waals surface area contributed by atoms with Crippen molar-refractivity contribution in [2.45, 2.75) is 18.4 Å². The highest BCUT2D eigenvalue weighted by atomic mass is 16.3. The molecule has 0 unspecified atom stereocenters. The zero-order chi connectivity index (χ0) is 14.7. The number of aromatic hydroxyl groups is 1. The Morgan fingerprint density at radius 2 is 2.00 bits per heavy atom. The molecule has 1 fully saturated rings. The molecule has 2 heterocycles. The number of phenolic OH excluding ortho intramolecular Hbond substituents is 1. The van der Waals surface area contributed by atoms with E-state index in [4.69, 9.17) is 0 Å². The van der Waals surface area contributed by atoms with Gasteiger partial charge in [0.1, 0.15) is 11.3 Å². The van der Waals surface area contributed by atoms with E-state index < -0.39 is 5.54 Å². The molecule has 0 spiro atoms. The van der Waals surface area contributed by atoms with Crippen LogP contribution in [0.25, 0.3) is 0 Å². The van der Waals surface area contributed by atoms with Crippen molar-refractivity contribution in [3.05, 3.63) is 42.7 Å². The molecule has 1 saturated heterocycles. The fourth-order valence-corrected chi connectivity index (χ4v) is 2.71. The van der Waals surface area contributed by atoms with Crippen molar-refractivity contribution < 1.29 is 9.90 Å². The summed E-state index contributed by atoms with van der Waals surface area (Å²) >= 11 is 0. The van der Waals surface area contributed by atoms with Gasteiger partial charge in [0.15, 0.2) is 0 Å². The van der Waals surface area contributed by atoms with Gasteiger partial charge in [-0.1, -0.05) is 0 Å². The first kappa shape index (κ1) is 13.6. The number of aromatic nitrogens is 2. The Kier molecular flexibility index (Phi) is 3.62. The molecule has 2 aromatic rings. The van der Waals surface area contributed by atoms with Gasteiger partial charge in [-0.15, -0.1) is 0 Å². The smallest absolute Gasteiger partial charge is 0.252 e. The van der Waals surface area contributed by atoms with E-state index in [1.54, 1.807) is 35.1 Å². The Morgan fingerprint density at radius 3 is 2.62 bits per heavy atom. The minimum atomic E-state index is -0.660. The normalized spacial score (nSPS) is 17.3. The maximum atomic E-state index is 12.8. The number of rotatable bonds is 3. The third kappa shape index (κ3) is 2.62. The Morgan fingerprint density at radius 1 is 1.29 bits per heavy atom. The van der Waals surface area contributed by atoms with Gasteiger partial charge in [-0.3, -0.25) is 9.48 Å².